The summed E-state index contributed by atoms with van der Waals surface area (Å²) < 4.78 is 12.4. The molecule has 0 radical (unpaired) electrons. The Morgan fingerprint density at radius 1 is 1.30 bits per heavy atom. The highest BCUT2D eigenvalue weighted by molar-refractivity contribution is 5.15. The largest absolute Gasteiger partial charge is 0.247 e. The number of halogens is 1. The van der Waals surface area contributed by atoms with Crippen molar-refractivity contribution in [2.45, 2.75) is 19.5 Å². The van der Waals surface area contributed by atoms with E-state index in [0.29, 0.717) is 6.42 Å². The van der Waals surface area contributed by atoms with Gasteiger partial charge < -0.3 is 0 Å². The second-order valence-corrected chi connectivity index (χ2v) is 2.47. The Kier molecular flexibility index (Phi) is 2.43. The van der Waals surface area contributed by atoms with E-state index >= 15 is 0 Å². The minimum Gasteiger partial charge on any atom is -0.247 e. The van der Waals surface area contributed by atoms with Crippen molar-refractivity contribution in [3.8, 4) is 0 Å². The molecule has 1 heteroatoms. The van der Waals surface area contributed by atoms with E-state index in [1.165, 1.54) is 0 Å². The van der Waals surface area contributed by atoms with Gasteiger partial charge in [0.05, 0.1) is 0 Å². The molecule has 0 saturated heterocycles. The molecule has 0 spiro atoms. The van der Waals surface area contributed by atoms with Gasteiger partial charge in [-0.05, 0) is 12.5 Å². The molecule has 1 aromatic carbocycles. The van der Waals surface area contributed by atoms with Crippen molar-refractivity contribution >= 4 is 0 Å². The van der Waals surface area contributed by atoms with E-state index in [4.69, 9.17) is 0 Å². The number of rotatable bonds is 2. The van der Waals surface area contributed by atoms with Crippen molar-refractivity contribution in [1.29, 1.82) is 0 Å². The maximum atomic E-state index is 12.4. The maximum Gasteiger partial charge on any atom is 0.101 e. The maximum absolute atomic E-state index is 12.4. The third-order valence-corrected chi connectivity index (χ3v) is 1.36. The summed E-state index contributed by atoms with van der Waals surface area (Å²) >= 11 is 0. The molecule has 0 aliphatic heterocycles. The fourth-order valence-electron chi connectivity index (χ4n) is 0.939. The van der Waals surface area contributed by atoms with E-state index in [1.54, 1.807) is 6.92 Å². The molecule has 0 aliphatic rings. The summed E-state index contributed by atoms with van der Waals surface area (Å²) in [5.74, 6) is 0. The first-order chi connectivity index (χ1) is 4.79. The normalized spacial score (nSPS) is 13.0. The quantitative estimate of drug-likeness (QED) is 0.589. The number of benzene rings is 1. The Morgan fingerprint density at radius 2 is 1.90 bits per heavy atom. The van der Waals surface area contributed by atoms with Crippen molar-refractivity contribution in [2.24, 2.45) is 0 Å². The molecule has 54 valence electrons. The van der Waals surface area contributed by atoms with Crippen LogP contribution in [0.1, 0.15) is 12.5 Å². The molecule has 0 aromatic heterocycles. The van der Waals surface area contributed by atoms with E-state index in [2.05, 4.69) is 0 Å². The number of hydrogen-bond acceptors (Lipinski definition) is 0. The third kappa shape index (κ3) is 2.18. The van der Waals surface area contributed by atoms with E-state index in [9.17, 15) is 4.39 Å². The predicted octanol–water partition coefficient (Wildman–Crippen LogP) is 2.59. The van der Waals surface area contributed by atoms with E-state index in [-0.39, 0.29) is 0 Å². The van der Waals surface area contributed by atoms with E-state index in [0.717, 1.165) is 5.56 Å². The highest BCUT2D eigenvalue weighted by Gasteiger charge is 1.97. The fourth-order valence-corrected chi connectivity index (χ4v) is 0.939. The molecule has 1 rings (SSSR count). The number of alkyl halides is 1. The van der Waals surface area contributed by atoms with Crippen molar-refractivity contribution in [1.82, 2.24) is 0 Å². The average Bonchev–Trinajstić information content (AvgIpc) is 1.88. The van der Waals surface area contributed by atoms with Crippen LogP contribution in [-0.4, -0.2) is 6.17 Å². The van der Waals surface area contributed by atoms with Crippen LogP contribution in [0.15, 0.2) is 30.3 Å². The Bertz CT molecular complexity index is 179. The van der Waals surface area contributed by atoms with Crippen LogP contribution in [0, 0.1) is 0 Å². The lowest BCUT2D eigenvalue weighted by atomic mass is 10.1. The van der Waals surface area contributed by atoms with Crippen molar-refractivity contribution < 1.29 is 4.39 Å². The minimum absolute atomic E-state index is 0.529. The highest BCUT2D eigenvalue weighted by Crippen LogP contribution is 2.04. The van der Waals surface area contributed by atoms with Gasteiger partial charge in [-0.3, -0.25) is 0 Å². The van der Waals surface area contributed by atoms with Gasteiger partial charge in [0.2, 0.25) is 0 Å². The molecule has 1 atom stereocenters. The van der Waals surface area contributed by atoms with Crippen LogP contribution in [0.25, 0.3) is 0 Å². The molecular formula is C9H11F. The molecular weight excluding hydrogens is 127 g/mol. The van der Waals surface area contributed by atoms with Crippen molar-refractivity contribution in [2.75, 3.05) is 0 Å². The molecule has 0 amide bonds. The summed E-state index contributed by atoms with van der Waals surface area (Å²) in [4.78, 5) is 0. The van der Waals surface area contributed by atoms with Gasteiger partial charge in [0.15, 0.2) is 0 Å². The second-order valence-electron chi connectivity index (χ2n) is 2.47. The van der Waals surface area contributed by atoms with Gasteiger partial charge >= 0.3 is 0 Å². The van der Waals surface area contributed by atoms with E-state index < -0.39 is 6.17 Å². The van der Waals surface area contributed by atoms with Gasteiger partial charge in [0.1, 0.15) is 6.17 Å². The topological polar surface area (TPSA) is 0 Å². The van der Waals surface area contributed by atoms with Gasteiger partial charge in [-0.2, -0.15) is 0 Å². The lowest BCUT2D eigenvalue weighted by Crippen LogP contribution is -1.97. The number of hydrogen-bond donors (Lipinski definition) is 0. The first-order valence-corrected chi connectivity index (χ1v) is 3.47. The first-order valence-electron chi connectivity index (χ1n) is 3.47. The Hall–Kier alpha value is -0.850. The lowest BCUT2D eigenvalue weighted by Gasteiger charge is -1.99. The van der Waals surface area contributed by atoms with Gasteiger partial charge in [-0.15, -0.1) is 0 Å². The summed E-state index contributed by atoms with van der Waals surface area (Å²) in [7, 11) is 0. The standard InChI is InChI=1S/C9H11F/c1-8(10)7-9-5-3-2-4-6-9/h2-6,8H,7H2,1H3/t8-/m1/s1. The monoisotopic (exact) mass is 138 g/mol. The zero-order valence-electron chi connectivity index (χ0n) is 6.05. The van der Waals surface area contributed by atoms with Gasteiger partial charge in [0.25, 0.3) is 0 Å². The van der Waals surface area contributed by atoms with Gasteiger partial charge in [-0.25, -0.2) is 4.39 Å². The first kappa shape index (κ1) is 7.26. The second kappa shape index (κ2) is 3.35. The molecule has 0 bridgehead atoms. The highest BCUT2D eigenvalue weighted by atomic mass is 19.1. The van der Waals surface area contributed by atoms with Crippen LogP contribution < -0.4 is 0 Å². The van der Waals surface area contributed by atoms with Crippen LogP contribution in [0.3, 0.4) is 0 Å². The summed E-state index contributed by atoms with van der Waals surface area (Å²) in [6.45, 7) is 1.58. The third-order valence-electron chi connectivity index (χ3n) is 1.36. The van der Waals surface area contributed by atoms with Gasteiger partial charge in [-0.1, -0.05) is 30.3 Å². The predicted molar refractivity (Wildman–Crippen MR) is 40.7 cm³/mol. The molecule has 0 nitrogen and oxygen atoms in total. The van der Waals surface area contributed by atoms with Crippen LogP contribution in [0.2, 0.25) is 0 Å². The zero-order chi connectivity index (χ0) is 7.40. The average molecular weight is 138 g/mol. The van der Waals surface area contributed by atoms with Crippen LogP contribution >= 0.6 is 0 Å². The zero-order valence-corrected chi connectivity index (χ0v) is 6.05. The molecule has 0 N–H and O–H groups in total. The van der Waals surface area contributed by atoms with Crippen molar-refractivity contribution in [3.05, 3.63) is 35.9 Å². The van der Waals surface area contributed by atoms with Gasteiger partial charge in [0, 0.05) is 6.42 Å². The Labute approximate surface area is 60.7 Å². The van der Waals surface area contributed by atoms with Crippen LogP contribution in [-0.2, 0) is 6.42 Å². The van der Waals surface area contributed by atoms with Crippen LogP contribution in [0.4, 0.5) is 4.39 Å². The minimum atomic E-state index is -0.734. The Balaban J connectivity index is 2.59. The summed E-state index contributed by atoms with van der Waals surface area (Å²) in [5, 5.41) is 0. The summed E-state index contributed by atoms with van der Waals surface area (Å²) in [6, 6.07) is 9.67. The van der Waals surface area contributed by atoms with E-state index in [1.807, 2.05) is 30.3 Å². The molecule has 0 heterocycles. The SMILES string of the molecule is C[C@@H](F)Cc1ccccc1. The van der Waals surface area contributed by atoms with Crippen molar-refractivity contribution in [3.63, 3.8) is 0 Å². The fraction of sp³-hybridized carbons (Fsp3) is 0.333. The molecule has 10 heavy (non-hydrogen) atoms. The molecule has 0 fully saturated rings. The molecule has 0 saturated carbocycles. The smallest absolute Gasteiger partial charge is 0.101 e. The summed E-state index contributed by atoms with van der Waals surface area (Å²) in [6.07, 6.45) is -0.205. The summed E-state index contributed by atoms with van der Waals surface area (Å²) in [5.41, 5.74) is 1.07. The molecule has 0 unspecified atom stereocenters. The molecule has 0 aliphatic carbocycles. The lowest BCUT2D eigenvalue weighted by molar-refractivity contribution is 0.360. The molecule has 1 aromatic rings. The Morgan fingerprint density at radius 3 is 2.40 bits per heavy atom. The van der Waals surface area contributed by atoms with Crippen LogP contribution in [0.5, 0.6) is 0 Å².